The summed E-state index contributed by atoms with van der Waals surface area (Å²) in [4.78, 5) is 0.228. The van der Waals surface area contributed by atoms with E-state index in [1.54, 1.807) is 43.5 Å². The minimum absolute atomic E-state index is 0.228. The number of sulfonamides is 1. The zero-order chi connectivity index (χ0) is 20.8. The summed E-state index contributed by atoms with van der Waals surface area (Å²) >= 11 is 12.6. The zero-order valence-corrected chi connectivity index (χ0v) is 18.3. The third-order valence-corrected chi connectivity index (χ3v) is 7.65. The molecule has 1 aromatic heterocycles. The van der Waals surface area contributed by atoms with Gasteiger partial charge in [-0.25, -0.2) is 8.42 Å². The molecule has 0 saturated carbocycles. The number of hydrogen-bond donors (Lipinski definition) is 0. The second-order valence-electron chi connectivity index (χ2n) is 6.94. The van der Waals surface area contributed by atoms with Crippen molar-refractivity contribution in [3.63, 3.8) is 0 Å². The number of nitrogens with zero attached hydrogens (tertiary/aromatic N) is 2. The van der Waals surface area contributed by atoms with Gasteiger partial charge >= 0.3 is 0 Å². The smallest absolute Gasteiger partial charge is 0.244 e. The van der Waals surface area contributed by atoms with Gasteiger partial charge in [-0.2, -0.15) is 4.31 Å². The summed E-state index contributed by atoms with van der Waals surface area (Å²) in [7, 11) is -2.22. The molecule has 152 valence electrons. The summed E-state index contributed by atoms with van der Waals surface area (Å²) in [6.45, 7) is 2.73. The van der Waals surface area contributed by atoms with E-state index in [0.29, 0.717) is 34.4 Å². The number of fused-ring (bicyclic) bond motifs is 1. The van der Waals surface area contributed by atoms with Gasteiger partial charge in [0.15, 0.2) is 0 Å². The van der Waals surface area contributed by atoms with E-state index < -0.39 is 16.1 Å². The van der Waals surface area contributed by atoms with Crippen molar-refractivity contribution in [1.29, 1.82) is 0 Å². The molecule has 2 heterocycles. The lowest BCUT2D eigenvalue weighted by Crippen LogP contribution is -2.42. The number of aromatic nitrogens is 1. The molecule has 0 radical (unpaired) electrons. The Bertz CT molecular complexity index is 1170. The highest BCUT2D eigenvalue weighted by Crippen LogP contribution is 2.40. The van der Waals surface area contributed by atoms with Gasteiger partial charge in [0.2, 0.25) is 10.0 Å². The number of methoxy groups -OCH3 is 1. The predicted molar refractivity (Wildman–Crippen MR) is 114 cm³/mol. The van der Waals surface area contributed by atoms with E-state index in [2.05, 4.69) is 4.57 Å². The van der Waals surface area contributed by atoms with Crippen molar-refractivity contribution in [2.45, 2.75) is 24.4 Å². The normalized spacial score (nSPS) is 17.2. The van der Waals surface area contributed by atoms with Crippen LogP contribution in [0.3, 0.4) is 0 Å². The van der Waals surface area contributed by atoms with E-state index in [4.69, 9.17) is 27.9 Å². The van der Waals surface area contributed by atoms with Gasteiger partial charge in [-0.3, -0.25) is 0 Å². The van der Waals surface area contributed by atoms with Gasteiger partial charge in [0.25, 0.3) is 0 Å². The first kappa shape index (κ1) is 20.3. The van der Waals surface area contributed by atoms with Crippen LogP contribution in [0.5, 0.6) is 5.75 Å². The first-order valence-corrected chi connectivity index (χ1v) is 11.3. The van der Waals surface area contributed by atoms with Crippen LogP contribution in [-0.2, 0) is 16.6 Å². The van der Waals surface area contributed by atoms with Crippen LogP contribution in [0.25, 0.3) is 0 Å². The molecule has 0 saturated heterocycles. The zero-order valence-electron chi connectivity index (χ0n) is 16.0. The van der Waals surface area contributed by atoms with E-state index in [0.717, 1.165) is 11.3 Å². The molecule has 1 aliphatic rings. The van der Waals surface area contributed by atoms with Gasteiger partial charge in [0.1, 0.15) is 5.75 Å². The number of ether oxygens (including phenoxy) is 1. The highest BCUT2D eigenvalue weighted by Gasteiger charge is 2.38. The van der Waals surface area contributed by atoms with Crippen molar-refractivity contribution in [3.8, 4) is 5.75 Å². The maximum Gasteiger partial charge on any atom is 0.244 e. The fourth-order valence-electron chi connectivity index (χ4n) is 3.81. The van der Waals surface area contributed by atoms with Gasteiger partial charge in [0.05, 0.1) is 18.0 Å². The standard InChI is InChI=1S/C21H20Cl2N2O3S/c1-14-12-16(6-8-20(14)28-2)29(26,27)25-11-10-24-9-3-4-19(24)21(25)17-7-5-15(22)13-18(17)23/h3-9,12-13,21H,10-11H2,1-2H3/t21-/m0/s1. The van der Waals surface area contributed by atoms with Gasteiger partial charge in [-0.1, -0.05) is 29.3 Å². The van der Waals surface area contributed by atoms with Crippen molar-refractivity contribution in [3.05, 3.63) is 81.6 Å². The molecule has 1 atom stereocenters. The average Bonchev–Trinajstić information content (AvgIpc) is 3.16. The number of hydrogen-bond acceptors (Lipinski definition) is 3. The topological polar surface area (TPSA) is 51.5 Å². The Hall–Kier alpha value is -1.99. The van der Waals surface area contributed by atoms with E-state index in [1.165, 1.54) is 4.31 Å². The Morgan fingerprint density at radius 2 is 1.86 bits per heavy atom. The Morgan fingerprint density at radius 1 is 1.07 bits per heavy atom. The first-order chi connectivity index (χ1) is 13.8. The van der Waals surface area contributed by atoms with Crippen LogP contribution >= 0.6 is 23.2 Å². The molecule has 4 rings (SSSR count). The van der Waals surface area contributed by atoms with E-state index in [-0.39, 0.29) is 4.90 Å². The second-order valence-corrected chi connectivity index (χ2v) is 9.68. The molecule has 0 spiro atoms. The molecule has 5 nitrogen and oxygen atoms in total. The minimum Gasteiger partial charge on any atom is -0.496 e. The molecule has 1 aliphatic heterocycles. The maximum absolute atomic E-state index is 13.6. The van der Waals surface area contributed by atoms with Crippen LogP contribution in [0.2, 0.25) is 10.0 Å². The monoisotopic (exact) mass is 450 g/mol. The number of benzene rings is 2. The minimum atomic E-state index is -3.78. The summed E-state index contributed by atoms with van der Waals surface area (Å²) in [5, 5.41) is 0.938. The van der Waals surface area contributed by atoms with Crippen LogP contribution in [0.15, 0.2) is 59.6 Å². The van der Waals surface area contributed by atoms with Crippen molar-refractivity contribution < 1.29 is 13.2 Å². The van der Waals surface area contributed by atoms with Crippen LogP contribution in [-0.4, -0.2) is 30.9 Å². The van der Waals surface area contributed by atoms with Crippen LogP contribution < -0.4 is 4.74 Å². The lowest BCUT2D eigenvalue weighted by atomic mass is 10.0. The fraction of sp³-hybridized carbons (Fsp3) is 0.238. The highest BCUT2D eigenvalue weighted by atomic mass is 35.5. The molecule has 8 heteroatoms. The first-order valence-electron chi connectivity index (χ1n) is 9.09. The Labute approximate surface area is 180 Å². The maximum atomic E-state index is 13.6. The van der Waals surface area contributed by atoms with E-state index in [1.807, 2.05) is 25.3 Å². The summed E-state index contributed by atoms with van der Waals surface area (Å²) in [6.07, 6.45) is 1.95. The summed E-state index contributed by atoms with van der Waals surface area (Å²) in [5.41, 5.74) is 2.33. The number of halogens is 2. The highest BCUT2D eigenvalue weighted by molar-refractivity contribution is 7.89. The van der Waals surface area contributed by atoms with Crippen molar-refractivity contribution in [2.75, 3.05) is 13.7 Å². The van der Waals surface area contributed by atoms with Gasteiger partial charge in [0, 0.05) is 35.0 Å². The lowest BCUT2D eigenvalue weighted by molar-refractivity contribution is 0.298. The van der Waals surface area contributed by atoms with Crippen molar-refractivity contribution in [1.82, 2.24) is 8.87 Å². The molecule has 0 unspecified atom stereocenters. The lowest BCUT2D eigenvalue weighted by Gasteiger charge is -2.36. The molecule has 29 heavy (non-hydrogen) atoms. The van der Waals surface area contributed by atoms with Gasteiger partial charge in [-0.05, 0) is 60.5 Å². The molecule has 0 N–H and O–H groups in total. The van der Waals surface area contributed by atoms with Crippen LogP contribution in [0.4, 0.5) is 0 Å². The van der Waals surface area contributed by atoms with Crippen molar-refractivity contribution >= 4 is 33.2 Å². The Balaban J connectivity index is 1.86. The van der Waals surface area contributed by atoms with Gasteiger partial charge < -0.3 is 9.30 Å². The van der Waals surface area contributed by atoms with Crippen LogP contribution in [0.1, 0.15) is 22.9 Å². The molecule has 2 aromatic carbocycles. The van der Waals surface area contributed by atoms with Crippen molar-refractivity contribution in [2.24, 2.45) is 0 Å². The predicted octanol–water partition coefficient (Wildman–Crippen LogP) is 4.91. The number of rotatable bonds is 4. The fourth-order valence-corrected chi connectivity index (χ4v) is 5.97. The van der Waals surface area contributed by atoms with E-state index >= 15 is 0 Å². The largest absolute Gasteiger partial charge is 0.496 e. The van der Waals surface area contributed by atoms with Gasteiger partial charge in [-0.15, -0.1) is 0 Å². The molecule has 0 bridgehead atoms. The summed E-state index contributed by atoms with van der Waals surface area (Å²) in [6, 6.07) is 13.4. The number of aryl methyl sites for hydroxylation is 1. The Kier molecular flexibility index (Phi) is 5.38. The molecular formula is C21H20Cl2N2O3S. The molecular weight excluding hydrogens is 431 g/mol. The van der Waals surface area contributed by atoms with E-state index in [9.17, 15) is 8.42 Å². The molecule has 0 amide bonds. The SMILES string of the molecule is COc1ccc(S(=O)(=O)N2CCn3cccc3[C@@H]2c2ccc(Cl)cc2Cl)cc1C. The third-order valence-electron chi connectivity index (χ3n) is 5.22. The summed E-state index contributed by atoms with van der Waals surface area (Å²) < 4.78 is 36.1. The average molecular weight is 451 g/mol. The van der Waals surface area contributed by atoms with Crippen LogP contribution in [0, 0.1) is 6.92 Å². The summed E-state index contributed by atoms with van der Waals surface area (Å²) in [5.74, 6) is 0.647. The molecule has 0 fully saturated rings. The molecule has 3 aromatic rings. The molecule has 0 aliphatic carbocycles. The Morgan fingerprint density at radius 3 is 2.55 bits per heavy atom. The second kappa shape index (κ2) is 7.69. The third kappa shape index (κ3) is 3.55. The quantitative estimate of drug-likeness (QED) is 0.567.